The van der Waals surface area contributed by atoms with Gasteiger partial charge in [-0.25, -0.2) is 0 Å². The number of amides is 1. The number of anilines is 1. The van der Waals surface area contributed by atoms with Crippen LogP contribution in [0, 0.1) is 11.8 Å². The van der Waals surface area contributed by atoms with Crippen LogP contribution in [-0.2, 0) is 15.0 Å². The lowest BCUT2D eigenvalue weighted by molar-refractivity contribution is -0.121. The van der Waals surface area contributed by atoms with Gasteiger partial charge in [0.1, 0.15) is 6.29 Å². The van der Waals surface area contributed by atoms with Crippen LogP contribution in [0.25, 0.3) is 0 Å². The summed E-state index contributed by atoms with van der Waals surface area (Å²) in [6, 6.07) is 12.6. The number of nitrogens with one attached hydrogen (secondary N) is 1. The fraction of sp³-hybridized carbons (Fsp3) is 0.364. The van der Waals surface area contributed by atoms with Crippen molar-refractivity contribution in [3.05, 3.63) is 63.6 Å². The average molecular weight is 419 g/mol. The van der Waals surface area contributed by atoms with Crippen LogP contribution in [0.2, 0.25) is 10.0 Å². The van der Waals surface area contributed by atoms with E-state index in [1.54, 1.807) is 18.2 Å². The molecule has 1 heterocycles. The molecule has 1 fully saturated rings. The molecule has 1 amide bonds. The Morgan fingerprint density at radius 1 is 1.18 bits per heavy atom. The Labute approximate surface area is 175 Å². The van der Waals surface area contributed by atoms with Crippen molar-refractivity contribution in [3.63, 3.8) is 0 Å². The number of halogens is 2. The normalized spacial score (nSPS) is 25.2. The van der Waals surface area contributed by atoms with Gasteiger partial charge in [0.15, 0.2) is 0 Å². The first-order valence-corrected chi connectivity index (χ1v) is 10.1. The molecule has 1 aliphatic rings. The lowest BCUT2D eigenvalue weighted by atomic mass is 9.58. The minimum Gasteiger partial charge on any atom is -0.398 e. The number of hydrogen-bond acceptors (Lipinski definition) is 3. The summed E-state index contributed by atoms with van der Waals surface area (Å²) in [5.41, 5.74) is 7.36. The van der Waals surface area contributed by atoms with Crippen molar-refractivity contribution < 1.29 is 9.59 Å². The highest BCUT2D eigenvalue weighted by atomic mass is 35.5. The Morgan fingerprint density at radius 3 is 2.50 bits per heavy atom. The Hall–Kier alpha value is -2.04. The summed E-state index contributed by atoms with van der Waals surface area (Å²) in [5.74, 6) is -0.516. The monoisotopic (exact) mass is 418 g/mol. The van der Waals surface area contributed by atoms with Crippen molar-refractivity contribution in [2.24, 2.45) is 11.8 Å². The fourth-order valence-corrected chi connectivity index (χ4v) is 4.91. The van der Waals surface area contributed by atoms with Crippen molar-refractivity contribution in [2.75, 3.05) is 12.3 Å². The highest BCUT2D eigenvalue weighted by Crippen LogP contribution is 2.51. The van der Waals surface area contributed by atoms with Crippen molar-refractivity contribution in [1.82, 2.24) is 5.32 Å². The molecule has 0 saturated carbocycles. The van der Waals surface area contributed by atoms with E-state index < -0.39 is 11.3 Å². The summed E-state index contributed by atoms with van der Waals surface area (Å²) >= 11 is 12.4. The van der Waals surface area contributed by atoms with Gasteiger partial charge in [-0.1, -0.05) is 55.2 Å². The second-order valence-electron chi connectivity index (χ2n) is 7.75. The number of benzene rings is 2. The summed E-state index contributed by atoms with van der Waals surface area (Å²) in [6.45, 7) is 4.51. The maximum absolute atomic E-state index is 12.9. The summed E-state index contributed by atoms with van der Waals surface area (Å²) in [7, 11) is 0. The van der Waals surface area contributed by atoms with Gasteiger partial charge < -0.3 is 15.8 Å². The molecular formula is C22H24Cl2N2O2. The van der Waals surface area contributed by atoms with Gasteiger partial charge in [0, 0.05) is 34.6 Å². The zero-order valence-electron chi connectivity index (χ0n) is 15.9. The van der Waals surface area contributed by atoms with Gasteiger partial charge >= 0.3 is 0 Å². The minimum absolute atomic E-state index is 0.0908. The Kier molecular flexibility index (Phi) is 6.01. The van der Waals surface area contributed by atoms with Gasteiger partial charge in [-0.2, -0.15) is 0 Å². The number of nitrogens with two attached hydrogens (primary N) is 1. The Balaban J connectivity index is 2.33. The summed E-state index contributed by atoms with van der Waals surface area (Å²) in [5, 5.41) is 4.05. The van der Waals surface area contributed by atoms with E-state index in [-0.39, 0.29) is 24.2 Å². The quantitative estimate of drug-likeness (QED) is 0.563. The molecule has 0 spiro atoms. The first kappa shape index (κ1) is 20.7. The lowest BCUT2D eigenvalue weighted by Gasteiger charge is -2.43. The molecule has 6 heteroatoms. The minimum atomic E-state index is -0.993. The Bertz CT molecular complexity index is 900. The maximum Gasteiger partial charge on any atom is 0.220 e. The molecule has 148 valence electrons. The van der Waals surface area contributed by atoms with Crippen LogP contribution in [0.4, 0.5) is 5.69 Å². The Morgan fingerprint density at radius 2 is 1.89 bits per heavy atom. The number of rotatable bonds is 4. The lowest BCUT2D eigenvalue weighted by Crippen LogP contribution is -2.47. The maximum atomic E-state index is 12.9. The molecule has 2 aromatic carbocycles. The van der Waals surface area contributed by atoms with Gasteiger partial charge in [0.05, 0.1) is 5.41 Å². The van der Waals surface area contributed by atoms with Gasteiger partial charge in [0.25, 0.3) is 0 Å². The predicted octanol–water partition coefficient (Wildman–Crippen LogP) is 4.59. The van der Waals surface area contributed by atoms with E-state index >= 15 is 0 Å². The van der Waals surface area contributed by atoms with Crippen molar-refractivity contribution >= 4 is 41.1 Å². The number of carbonyl (C=O) groups is 2. The smallest absolute Gasteiger partial charge is 0.220 e. The van der Waals surface area contributed by atoms with Crippen molar-refractivity contribution in [1.29, 1.82) is 0 Å². The number of aldehydes is 1. The molecule has 2 aromatic rings. The molecule has 3 rings (SSSR count). The second-order valence-corrected chi connectivity index (χ2v) is 8.62. The SMILES string of the molecule is CC(C)[C@@H]1CNC(=O)C[C@H](c2cccc(Cl)c2)[C@]1(C=O)c1ccc(Cl)cc1N. The molecule has 0 aliphatic carbocycles. The topological polar surface area (TPSA) is 72.2 Å². The molecule has 1 aliphatic heterocycles. The van der Waals surface area contributed by atoms with Crippen LogP contribution in [0.3, 0.4) is 0 Å². The van der Waals surface area contributed by atoms with Crippen LogP contribution in [0.5, 0.6) is 0 Å². The van der Waals surface area contributed by atoms with Crippen molar-refractivity contribution in [3.8, 4) is 0 Å². The largest absolute Gasteiger partial charge is 0.398 e. The third-order valence-electron chi connectivity index (χ3n) is 5.83. The molecule has 0 radical (unpaired) electrons. The van der Waals surface area contributed by atoms with E-state index in [9.17, 15) is 9.59 Å². The molecule has 1 saturated heterocycles. The first-order valence-electron chi connectivity index (χ1n) is 9.33. The van der Waals surface area contributed by atoms with E-state index in [1.807, 2.05) is 24.3 Å². The number of carbonyl (C=O) groups excluding carboxylic acids is 2. The van der Waals surface area contributed by atoms with Crippen LogP contribution < -0.4 is 11.1 Å². The highest BCUT2D eigenvalue weighted by Gasteiger charge is 2.51. The van der Waals surface area contributed by atoms with Gasteiger partial charge in [-0.05, 0) is 47.2 Å². The van der Waals surface area contributed by atoms with E-state index in [0.717, 1.165) is 11.8 Å². The van der Waals surface area contributed by atoms with E-state index in [2.05, 4.69) is 19.2 Å². The third kappa shape index (κ3) is 3.63. The zero-order chi connectivity index (χ0) is 20.5. The number of hydrogen-bond donors (Lipinski definition) is 2. The van der Waals surface area contributed by atoms with E-state index in [0.29, 0.717) is 27.8 Å². The molecule has 4 nitrogen and oxygen atoms in total. The van der Waals surface area contributed by atoms with Gasteiger partial charge in [-0.15, -0.1) is 0 Å². The number of nitrogen functional groups attached to an aromatic ring is 1. The van der Waals surface area contributed by atoms with Gasteiger partial charge in [0.2, 0.25) is 5.91 Å². The zero-order valence-corrected chi connectivity index (χ0v) is 17.4. The molecular weight excluding hydrogens is 395 g/mol. The molecule has 28 heavy (non-hydrogen) atoms. The summed E-state index contributed by atoms with van der Waals surface area (Å²) < 4.78 is 0. The van der Waals surface area contributed by atoms with Crippen molar-refractivity contribution in [2.45, 2.75) is 31.6 Å². The molecule has 0 unspecified atom stereocenters. The third-order valence-corrected chi connectivity index (χ3v) is 6.30. The molecule has 0 bridgehead atoms. The van der Waals surface area contributed by atoms with Crippen LogP contribution >= 0.6 is 23.2 Å². The van der Waals surface area contributed by atoms with E-state index in [4.69, 9.17) is 28.9 Å². The average Bonchev–Trinajstić information content (AvgIpc) is 2.78. The van der Waals surface area contributed by atoms with Crippen LogP contribution in [0.1, 0.15) is 37.3 Å². The summed E-state index contributed by atoms with van der Waals surface area (Å²) in [4.78, 5) is 25.5. The molecule has 3 N–H and O–H groups in total. The van der Waals surface area contributed by atoms with Crippen LogP contribution in [-0.4, -0.2) is 18.7 Å². The molecule has 3 atom stereocenters. The standard InChI is InChI=1S/C22H24Cl2N2O2/c1-13(2)19-11-26-21(28)10-18(14-4-3-5-15(23)8-14)22(19,12-27)17-7-6-16(24)9-20(17)25/h3-9,12-13,18-19H,10-11,25H2,1-2H3,(H,26,28)/t18-,19+,22+/m1/s1. The first-order chi connectivity index (χ1) is 13.3. The van der Waals surface area contributed by atoms with E-state index in [1.165, 1.54) is 0 Å². The second kappa shape index (κ2) is 8.14. The molecule has 0 aromatic heterocycles. The fourth-order valence-electron chi connectivity index (χ4n) is 4.53. The van der Waals surface area contributed by atoms with Crippen LogP contribution in [0.15, 0.2) is 42.5 Å². The van der Waals surface area contributed by atoms with Gasteiger partial charge in [-0.3, -0.25) is 4.79 Å². The predicted molar refractivity (Wildman–Crippen MR) is 114 cm³/mol. The highest BCUT2D eigenvalue weighted by molar-refractivity contribution is 6.31. The summed E-state index contributed by atoms with van der Waals surface area (Å²) in [6.07, 6.45) is 1.15.